The second-order valence-corrected chi connectivity index (χ2v) is 7.70. The lowest BCUT2D eigenvalue weighted by Crippen LogP contribution is -2.25. The third-order valence-electron chi connectivity index (χ3n) is 4.53. The molecule has 31 heavy (non-hydrogen) atoms. The first kappa shape index (κ1) is 24.0. The molecule has 4 aromatic rings. The smallest absolute Gasteiger partial charge is 0.261 e. The summed E-state index contributed by atoms with van der Waals surface area (Å²) in [6, 6.07) is 15.5. The van der Waals surface area contributed by atoms with Gasteiger partial charge in [-0.1, -0.05) is 31.7 Å². The van der Waals surface area contributed by atoms with Crippen molar-refractivity contribution in [2.24, 2.45) is 0 Å². The summed E-state index contributed by atoms with van der Waals surface area (Å²) in [5, 5.41) is 1.66. The van der Waals surface area contributed by atoms with Crippen LogP contribution in [0.15, 0.2) is 53.3 Å². The second-order valence-electron chi connectivity index (χ2n) is 7.70. The third-order valence-corrected chi connectivity index (χ3v) is 4.53. The average molecular weight is 421 g/mol. The van der Waals surface area contributed by atoms with Crippen LogP contribution in [0.1, 0.15) is 52.8 Å². The van der Waals surface area contributed by atoms with Gasteiger partial charge in [0.2, 0.25) is 5.88 Å². The van der Waals surface area contributed by atoms with Gasteiger partial charge in [0.1, 0.15) is 11.6 Å². The number of aromatic nitrogens is 4. The molecule has 0 N–H and O–H groups in total. The van der Waals surface area contributed by atoms with Crippen molar-refractivity contribution in [1.82, 2.24) is 19.5 Å². The molecule has 164 valence electrons. The van der Waals surface area contributed by atoms with E-state index in [0.717, 1.165) is 28.1 Å². The number of aryl methyl sites for hydroxylation is 2. The molecule has 0 bridgehead atoms. The Morgan fingerprint density at radius 3 is 1.94 bits per heavy atom. The molecule has 2 aromatic carbocycles. The predicted octanol–water partition coefficient (Wildman–Crippen LogP) is 5.65. The minimum absolute atomic E-state index is 0. The highest BCUT2D eigenvalue weighted by Crippen LogP contribution is 2.22. The molecule has 6 nitrogen and oxygen atoms in total. The Labute approximate surface area is 184 Å². The normalized spacial score (nSPS) is 10.7. The molecule has 0 spiro atoms. The summed E-state index contributed by atoms with van der Waals surface area (Å²) in [6.45, 7) is 11.7. The van der Waals surface area contributed by atoms with E-state index in [9.17, 15) is 4.79 Å². The van der Waals surface area contributed by atoms with Crippen LogP contribution in [0.4, 0.5) is 0 Å². The summed E-state index contributed by atoms with van der Waals surface area (Å²) >= 11 is 0. The monoisotopic (exact) mass is 420 g/mol. The molecule has 0 fully saturated rings. The zero-order valence-electron chi connectivity index (χ0n) is 18.4. The minimum Gasteiger partial charge on any atom is -0.474 e. The van der Waals surface area contributed by atoms with Crippen LogP contribution in [0.25, 0.3) is 21.8 Å². The molecule has 0 saturated heterocycles. The number of para-hydroxylation sites is 2. The van der Waals surface area contributed by atoms with E-state index < -0.39 is 0 Å². The lowest BCUT2D eigenvalue weighted by Gasteiger charge is -2.13. The van der Waals surface area contributed by atoms with E-state index in [0.29, 0.717) is 11.3 Å². The molecule has 0 unspecified atom stereocenters. The maximum atomic E-state index is 12.1. The SMILES string of the molecule is C.Cc1nc(OC(C)C)c2ccccc2n1.Cc1nc2ccccc2c(=O)n1C(C)C. The van der Waals surface area contributed by atoms with Gasteiger partial charge in [0, 0.05) is 6.04 Å². The first-order chi connectivity index (χ1) is 14.3. The first-order valence-corrected chi connectivity index (χ1v) is 10.2. The Morgan fingerprint density at radius 1 is 0.806 bits per heavy atom. The molecule has 4 rings (SSSR count). The number of hydrogen-bond acceptors (Lipinski definition) is 5. The van der Waals surface area contributed by atoms with Gasteiger partial charge in [-0.05, 0) is 65.8 Å². The van der Waals surface area contributed by atoms with Crippen molar-refractivity contribution in [1.29, 1.82) is 0 Å². The van der Waals surface area contributed by atoms with Crippen LogP contribution in [0.2, 0.25) is 0 Å². The van der Waals surface area contributed by atoms with Gasteiger partial charge in [-0.15, -0.1) is 0 Å². The van der Waals surface area contributed by atoms with Crippen molar-refractivity contribution in [2.75, 3.05) is 0 Å². The second kappa shape index (κ2) is 10.2. The Hall–Kier alpha value is -3.28. The van der Waals surface area contributed by atoms with Gasteiger partial charge in [-0.25, -0.2) is 9.97 Å². The number of benzene rings is 2. The highest BCUT2D eigenvalue weighted by Gasteiger charge is 2.09. The quantitative estimate of drug-likeness (QED) is 0.428. The Morgan fingerprint density at radius 2 is 1.35 bits per heavy atom. The molecular weight excluding hydrogens is 388 g/mol. The Bertz CT molecular complexity index is 1230. The summed E-state index contributed by atoms with van der Waals surface area (Å²) < 4.78 is 7.38. The first-order valence-electron chi connectivity index (χ1n) is 10.2. The zero-order valence-corrected chi connectivity index (χ0v) is 18.4. The Balaban J connectivity index is 0.000000213. The van der Waals surface area contributed by atoms with Gasteiger partial charge in [0.25, 0.3) is 5.56 Å². The van der Waals surface area contributed by atoms with E-state index in [4.69, 9.17) is 4.74 Å². The molecule has 0 aliphatic heterocycles. The van der Waals surface area contributed by atoms with Crippen molar-refractivity contribution in [3.8, 4) is 5.88 Å². The third kappa shape index (κ3) is 5.45. The van der Waals surface area contributed by atoms with Crippen molar-refractivity contribution in [2.45, 2.75) is 61.1 Å². The largest absolute Gasteiger partial charge is 0.474 e. The summed E-state index contributed by atoms with van der Waals surface area (Å²) in [5.74, 6) is 2.19. The fourth-order valence-corrected chi connectivity index (χ4v) is 3.34. The fourth-order valence-electron chi connectivity index (χ4n) is 3.34. The van der Waals surface area contributed by atoms with Crippen molar-refractivity contribution in [3.63, 3.8) is 0 Å². The molecule has 6 heteroatoms. The van der Waals surface area contributed by atoms with Crippen LogP contribution in [0.5, 0.6) is 5.88 Å². The van der Waals surface area contributed by atoms with Gasteiger partial charge in [-0.3, -0.25) is 9.36 Å². The van der Waals surface area contributed by atoms with Gasteiger partial charge in [-0.2, -0.15) is 4.98 Å². The molecule has 2 heterocycles. The molecule has 0 aliphatic carbocycles. The Kier molecular flexibility index (Phi) is 7.86. The van der Waals surface area contributed by atoms with Crippen molar-refractivity contribution < 1.29 is 4.74 Å². The fraction of sp³-hybridized carbons (Fsp3) is 0.360. The van der Waals surface area contributed by atoms with Crippen LogP contribution in [0.3, 0.4) is 0 Å². The van der Waals surface area contributed by atoms with Gasteiger partial charge in [0.05, 0.1) is 27.9 Å². The number of ether oxygens (including phenoxy) is 1. The van der Waals surface area contributed by atoms with Gasteiger partial charge >= 0.3 is 0 Å². The highest BCUT2D eigenvalue weighted by atomic mass is 16.5. The van der Waals surface area contributed by atoms with Gasteiger partial charge in [0.15, 0.2) is 0 Å². The van der Waals surface area contributed by atoms with Crippen LogP contribution in [-0.4, -0.2) is 25.6 Å². The van der Waals surface area contributed by atoms with Crippen LogP contribution in [0, 0.1) is 13.8 Å². The molecule has 0 atom stereocenters. The molecule has 0 amide bonds. The van der Waals surface area contributed by atoms with Gasteiger partial charge < -0.3 is 4.74 Å². The van der Waals surface area contributed by atoms with Crippen molar-refractivity contribution in [3.05, 3.63) is 70.5 Å². The summed E-state index contributed by atoms with van der Waals surface area (Å²) in [4.78, 5) is 25.2. The predicted molar refractivity (Wildman–Crippen MR) is 128 cm³/mol. The lowest BCUT2D eigenvalue weighted by molar-refractivity contribution is 0.235. The summed E-state index contributed by atoms with van der Waals surface area (Å²) in [5.41, 5.74) is 1.76. The maximum Gasteiger partial charge on any atom is 0.261 e. The number of fused-ring (bicyclic) bond motifs is 2. The maximum absolute atomic E-state index is 12.1. The average Bonchev–Trinajstić information content (AvgIpc) is 2.67. The number of rotatable bonds is 3. The lowest BCUT2D eigenvalue weighted by atomic mass is 10.2. The van der Waals surface area contributed by atoms with Crippen molar-refractivity contribution >= 4 is 21.8 Å². The molecule has 0 saturated carbocycles. The van der Waals surface area contributed by atoms with E-state index in [1.807, 2.05) is 90.1 Å². The highest BCUT2D eigenvalue weighted by molar-refractivity contribution is 5.83. The van der Waals surface area contributed by atoms with E-state index in [1.165, 1.54) is 0 Å². The summed E-state index contributed by atoms with van der Waals surface area (Å²) in [7, 11) is 0. The van der Waals surface area contributed by atoms with E-state index in [1.54, 1.807) is 4.57 Å². The van der Waals surface area contributed by atoms with E-state index >= 15 is 0 Å². The zero-order chi connectivity index (χ0) is 21.8. The standard InChI is InChI=1S/2C12H14N2O.CH4/c1-8(2)15-12-10-6-4-5-7-11(10)13-9(3)14-12;1-8(2)14-9(3)13-11-7-5-4-6-10(11)12(14)15;/h2*4-8H,1-3H3;1H4. The topological polar surface area (TPSA) is 69.9 Å². The van der Waals surface area contributed by atoms with Crippen LogP contribution >= 0.6 is 0 Å². The van der Waals surface area contributed by atoms with Crippen LogP contribution < -0.4 is 10.3 Å². The van der Waals surface area contributed by atoms with E-state index in [-0.39, 0.29) is 25.1 Å². The number of nitrogens with zero attached hydrogens (tertiary/aromatic N) is 4. The molecule has 0 radical (unpaired) electrons. The molecule has 0 aliphatic rings. The number of hydrogen-bond donors (Lipinski definition) is 0. The minimum atomic E-state index is 0. The molecular formula is C25H32N4O2. The summed E-state index contributed by atoms with van der Waals surface area (Å²) in [6.07, 6.45) is 0.128. The molecule has 2 aromatic heterocycles. The van der Waals surface area contributed by atoms with Crippen LogP contribution in [-0.2, 0) is 0 Å². The van der Waals surface area contributed by atoms with E-state index in [2.05, 4.69) is 15.0 Å².